The van der Waals surface area contributed by atoms with Crippen molar-refractivity contribution in [1.29, 1.82) is 0 Å². The predicted molar refractivity (Wildman–Crippen MR) is 104 cm³/mol. The lowest BCUT2D eigenvalue weighted by Crippen LogP contribution is -2.23. The summed E-state index contributed by atoms with van der Waals surface area (Å²) in [5.41, 5.74) is 1.06. The van der Waals surface area contributed by atoms with Gasteiger partial charge in [0, 0.05) is 11.1 Å². The number of amides is 1. The fourth-order valence-electron chi connectivity index (χ4n) is 2.67. The van der Waals surface area contributed by atoms with Crippen molar-refractivity contribution < 1.29 is 28.2 Å². The highest BCUT2D eigenvalue weighted by molar-refractivity contribution is 5.95. The summed E-state index contributed by atoms with van der Waals surface area (Å²) < 4.78 is 26.6. The molecule has 9 heteroatoms. The Kier molecular flexibility index (Phi) is 6.18. The average molecular weight is 399 g/mol. The molecule has 3 aromatic rings. The van der Waals surface area contributed by atoms with Crippen LogP contribution in [0.25, 0.3) is 11.5 Å². The number of methoxy groups -OCH3 is 4. The van der Waals surface area contributed by atoms with E-state index >= 15 is 0 Å². The van der Waals surface area contributed by atoms with Crippen LogP contribution in [-0.4, -0.2) is 44.5 Å². The quantitative estimate of drug-likeness (QED) is 0.616. The van der Waals surface area contributed by atoms with E-state index in [0.29, 0.717) is 34.5 Å². The summed E-state index contributed by atoms with van der Waals surface area (Å²) in [5, 5.41) is 10.7. The molecular weight excluding hydrogens is 378 g/mol. The fraction of sp³-hybridized carbons (Fsp3) is 0.250. The normalized spacial score (nSPS) is 10.3. The van der Waals surface area contributed by atoms with Crippen LogP contribution in [0.1, 0.15) is 16.2 Å². The van der Waals surface area contributed by atoms with Gasteiger partial charge in [0.15, 0.2) is 11.5 Å². The number of benzene rings is 2. The Morgan fingerprint density at radius 1 is 0.966 bits per heavy atom. The molecule has 0 unspecified atom stereocenters. The number of hydrogen-bond donors (Lipinski definition) is 1. The van der Waals surface area contributed by atoms with Crippen molar-refractivity contribution in [3.63, 3.8) is 0 Å². The molecular formula is C20H21N3O6. The minimum absolute atomic E-state index is 0.0620. The summed E-state index contributed by atoms with van der Waals surface area (Å²) in [6.07, 6.45) is 0. The Morgan fingerprint density at radius 3 is 2.31 bits per heavy atom. The van der Waals surface area contributed by atoms with Gasteiger partial charge in [-0.05, 0) is 30.3 Å². The second-order valence-corrected chi connectivity index (χ2v) is 5.83. The van der Waals surface area contributed by atoms with Gasteiger partial charge in [0.1, 0.15) is 5.75 Å². The van der Waals surface area contributed by atoms with Crippen LogP contribution in [0.5, 0.6) is 23.0 Å². The maximum atomic E-state index is 12.5. The monoisotopic (exact) mass is 399 g/mol. The van der Waals surface area contributed by atoms with Crippen LogP contribution in [0, 0.1) is 0 Å². The van der Waals surface area contributed by atoms with E-state index in [2.05, 4.69) is 15.5 Å². The number of carbonyl (C=O) groups excluding carboxylic acids is 1. The number of carbonyl (C=O) groups is 1. The molecule has 3 rings (SSSR count). The van der Waals surface area contributed by atoms with Gasteiger partial charge < -0.3 is 28.7 Å². The SMILES string of the molecule is COc1cccc(-c2nnc(CNC(=O)c3cc(OC)c(OC)c(OC)c3)o2)c1. The molecule has 0 radical (unpaired) electrons. The Hall–Kier alpha value is -3.75. The van der Waals surface area contributed by atoms with Gasteiger partial charge >= 0.3 is 0 Å². The van der Waals surface area contributed by atoms with Crippen LogP contribution >= 0.6 is 0 Å². The number of ether oxygens (including phenoxy) is 4. The highest BCUT2D eigenvalue weighted by atomic mass is 16.5. The Morgan fingerprint density at radius 2 is 1.69 bits per heavy atom. The minimum atomic E-state index is -0.356. The van der Waals surface area contributed by atoms with Gasteiger partial charge in [-0.1, -0.05) is 6.07 Å². The van der Waals surface area contributed by atoms with E-state index in [1.54, 1.807) is 25.3 Å². The first-order chi connectivity index (χ1) is 14.1. The van der Waals surface area contributed by atoms with Crippen LogP contribution in [0.3, 0.4) is 0 Å². The van der Waals surface area contributed by atoms with Crippen LogP contribution in [-0.2, 0) is 6.54 Å². The largest absolute Gasteiger partial charge is 0.497 e. The molecule has 1 heterocycles. The van der Waals surface area contributed by atoms with Crippen molar-refractivity contribution in [1.82, 2.24) is 15.5 Å². The number of nitrogens with zero attached hydrogens (tertiary/aromatic N) is 2. The maximum absolute atomic E-state index is 12.5. The van der Waals surface area contributed by atoms with Crippen LogP contribution < -0.4 is 24.3 Å². The van der Waals surface area contributed by atoms with E-state index in [4.69, 9.17) is 23.4 Å². The molecule has 0 saturated carbocycles. The summed E-state index contributed by atoms with van der Waals surface area (Å²) in [4.78, 5) is 12.5. The molecule has 0 saturated heterocycles. The van der Waals surface area contributed by atoms with Gasteiger partial charge in [-0.3, -0.25) is 4.79 Å². The first kappa shape index (κ1) is 20.0. The fourth-order valence-corrected chi connectivity index (χ4v) is 2.67. The lowest BCUT2D eigenvalue weighted by atomic mass is 10.1. The third-order valence-electron chi connectivity index (χ3n) is 4.11. The summed E-state index contributed by atoms with van der Waals surface area (Å²) in [6.45, 7) is 0.0620. The van der Waals surface area contributed by atoms with Crippen molar-refractivity contribution in [2.75, 3.05) is 28.4 Å². The van der Waals surface area contributed by atoms with E-state index in [0.717, 1.165) is 5.56 Å². The molecule has 0 bridgehead atoms. The maximum Gasteiger partial charge on any atom is 0.251 e. The predicted octanol–water partition coefficient (Wildman–Crippen LogP) is 2.70. The lowest BCUT2D eigenvalue weighted by molar-refractivity contribution is 0.0946. The molecule has 0 aliphatic rings. The van der Waals surface area contributed by atoms with Crippen molar-refractivity contribution in [3.8, 4) is 34.5 Å². The van der Waals surface area contributed by atoms with Crippen molar-refractivity contribution in [3.05, 3.63) is 47.9 Å². The van der Waals surface area contributed by atoms with Gasteiger partial charge in [-0.25, -0.2) is 0 Å². The topological polar surface area (TPSA) is 105 Å². The number of nitrogens with one attached hydrogen (secondary N) is 1. The summed E-state index contributed by atoms with van der Waals surface area (Å²) >= 11 is 0. The van der Waals surface area contributed by atoms with Gasteiger partial charge in [0.25, 0.3) is 5.91 Å². The second-order valence-electron chi connectivity index (χ2n) is 5.83. The molecule has 9 nitrogen and oxygen atoms in total. The van der Waals surface area contributed by atoms with E-state index in [9.17, 15) is 4.79 Å². The summed E-state index contributed by atoms with van der Waals surface area (Å²) in [5.74, 6) is 2.10. The molecule has 0 aliphatic heterocycles. The van der Waals surface area contributed by atoms with Gasteiger partial charge in [0.2, 0.25) is 17.5 Å². The molecule has 0 fully saturated rings. The number of rotatable bonds is 8. The van der Waals surface area contributed by atoms with Crippen molar-refractivity contribution >= 4 is 5.91 Å². The highest BCUT2D eigenvalue weighted by Crippen LogP contribution is 2.38. The molecule has 1 aromatic heterocycles. The molecule has 0 atom stereocenters. The molecule has 1 amide bonds. The standard InChI is InChI=1S/C20H21N3O6/c1-25-14-7-5-6-12(8-14)20-23-22-17(29-20)11-21-19(24)13-9-15(26-2)18(28-4)16(10-13)27-3/h5-10H,11H2,1-4H3,(H,21,24). The second kappa shape index (κ2) is 8.96. The zero-order valence-electron chi connectivity index (χ0n) is 16.5. The zero-order chi connectivity index (χ0) is 20.8. The molecule has 0 aliphatic carbocycles. The van der Waals surface area contributed by atoms with Gasteiger partial charge in [-0.15, -0.1) is 10.2 Å². The van der Waals surface area contributed by atoms with Crippen molar-refractivity contribution in [2.24, 2.45) is 0 Å². The Balaban J connectivity index is 1.72. The third-order valence-corrected chi connectivity index (χ3v) is 4.11. The highest BCUT2D eigenvalue weighted by Gasteiger charge is 2.18. The zero-order valence-corrected chi connectivity index (χ0v) is 16.5. The first-order valence-corrected chi connectivity index (χ1v) is 8.64. The minimum Gasteiger partial charge on any atom is -0.497 e. The lowest BCUT2D eigenvalue weighted by Gasteiger charge is -2.13. The molecule has 2 aromatic carbocycles. The summed E-state index contributed by atoms with van der Waals surface area (Å²) in [6, 6.07) is 10.4. The first-order valence-electron chi connectivity index (χ1n) is 8.64. The third kappa shape index (κ3) is 4.40. The van der Waals surface area contributed by atoms with E-state index < -0.39 is 0 Å². The van der Waals surface area contributed by atoms with Gasteiger partial charge in [-0.2, -0.15) is 0 Å². The molecule has 29 heavy (non-hydrogen) atoms. The molecule has 152 valence electrons. The van der Waals surface area contributed by atoms with Crippen molar-refractivity contribution in [2.45, 2.75) is 6.54 Å². The smallest absolute Gasteiger partial charge is 0.251 e. The van der Waals surface area contributed by atoms with Gasteiger partial charge in [0.05, 0.1) is 35.0 Å². The van der Waals surface area contributed by atoms with Crippen LogP contribution in [0.4, 0.5) is 0 Å². The molecule has 0 spiro atoms. The summed E-state index contributed by atoms with van der Waals surface area (Å²) in [7, 11) is 6.04. The van der Waals surface area contributed by atoms with E-state index in [1.165, 1.54) is 21.3 Å². The number of hydrogen-bond acceptors (Lipinski definition) is 8. The van der Waals surface area contributed by atoms with E-state index in [1.807, 2.05) is 18.2 Å². The van der Waals surface area contributed by atoms with Crippen LogP contribution in [0.15, 0.2) is 40.8 Å². The molecule has 1 N–H and O–H groups in total. The average Bonchev–Trinajstić information content (AvgIpc) is 3.25. The Bertz CT molecular complexity index is 976. The Labute approximate surface area is 167 Å². The number of aromatic nitrogens is 2. The van der Waals surface area contributed by atoms with Crippen LogP contribution in [0.2, 0.25) is 0 Å². The van der Waals surface area contributed by atoms with E-state index in [-0.39, 0.29) is 18.3 Å².